The van der Waals surface area contributed by atoms with E-state index in [4.69, 9.17) is 4.74 Å². The molecule has 142 valence electrons. The SMILES string of the molecule is CCOC(=O)c1c(NC(=O)c2cc([N+](=O)[O-])cc([N+](=O)[O-])c2)sc(C)c1C. The number of ether oxygens (including phenoxy) is 1. The fourth-order valence-electron chi connectivity index (χ4n) is 2.28. The largest absolute Gasteiger partial charge is 0.462 e. The van der Waals surface area contributed by atoms with Crippen molar-refractivity contribution in [3.63, 3.8) is 0 Å². The van der Waals surface area contributed by atoms with Gasteiger partial charge in [-0.05, 0) is 26.3 Å². The zero-order valence-electron chi connectivity index (χ0n) is 14.6. The van der Waals surface area contributed by atoms with Gasteiger partial charge in [-0.2, -0.15) is 0 Å². The maximum Gasteiger partial charge on any atom is 0.341 e. The molecule has 0 spiro atoms. The molecule has 0 fully saturated rings. The molecule has 2 rings (SSSR count). The Morgan fingerprint density at radius 1 is 1.11 bits per heavy atom. The summed E-state index contributed by atoms with van der Waals surface area (Å²) in [4.78, 5) is 45.7. The van der Waals surface area contributed by atoms with Crippen LogP contribution in [-0.2, 0) is 4.74 Å². The Bertz CT molecular complexity index is 919. The first kappa shape index (κ1) is 20.0. The van der Waals surface area contributed by atoms with E-state index >= 15 is 0 Å². The molecule has 1 aromatic carbocycles. The highest BCUT2D eigenvalue weighted by Gasteiger charge is 2.24. The lowest BCUT2D eigenvalue weighted by Crippen LogP contribution is -2.15. The molecule has 1 amide bonds. The Balaban J connectivity index is 2.44. The number of nitro benzene ring substituents is 2. The predicted molar refractivity (Wildman–Crippen MR) is 97.5 cm³/mol. The Morgan fingerprint density at radius 3 is 2.15 bits per heavy atom. The predicted octanol–water partition coefficient (Wildman–Crippen LogP) is 3.61. The number of hydrogen-bond donors (Lipinski definition) is 1. The van der Waals surface area contributed by atoms with Crippen LogP contribution in [-0.4, -0.2) is 28.3 Å². The number of non-ortho nitro benzene ring substituents is 2. The summed E-state index contributed by atoms with van der Waals surface area (Å²) in [5.41, 5.74) is -0.613. The first-order valence-electron chi connectivity index (χ1n) is 7.68. The van der Waals surface area contributed by atoms with Gasteiger partial charge in [0, 0.05) is 17.0 Å². The van der Waals surface area contributed by atoms with Crippen molar-refractivity contribution in [2.75, 3.05) is 11.9 Å². The average molecular weight is 393 g/mol. The average Bonchev–Trinajstić information content (AvgIpc) is 2.88. The van der Waals surface area contributed by atoms with Crippen LogP contribution in [0, 0.1) is 34.1 Å². The standard InChI is InChI=1S/C16H15N3O7S/c1-4-26-16(21)13-8(2)9(3)27-15(13)17-14(20)10-5-11(18(22)23)7-12(6-10)19(24)25/h5-7H,4H2,1-3H3,(H,17,20). The summed E-state index contributed by atoms with van der Waals surface area (Å²) in [6.07, 6.45) is 0. The first-order chi connectivity index (χ1) is 12.6. The Labute approximate surface area is 157 Å². The van der Waals surface area contributed by atoms with Crippen molar-refractivity contribution in [2.24, 2.45) is 0 Å². The van der Waals surface area contributed by atoms with E-state index in [9.17, 15) is 29.8 Å². The maximum absolute atomic E-state index is 12.5. The fraction of sp³-hybridized carbons (Fsp3) is 0.250. The Morgan fingerprint density at radius 2 is 1.67 bits per heavy atom. The van der Waals surface area contributed by atoms with Crippen LogP contribution in [0.15, 0.2) is 18.2 Å². The minimum atomic E-state index is -0.826. The molecule has 0 aliphatic rings. The molecule has 10 nitrogen and oxygen atoms in total. The molecule has 2 aromatic rings. The second-order valence-corrected chi connectivity index (χ2v) is 6.64. The van der Waals surface area contributed by atoms with Crippen molar-refractivity contribution in [3.05, 3.63) is 60.0 Å². The van der Waals surface area contributed by atoms with E-state index in [2.05, 4.69) is 5.32 Å². The van der Waals surface area contributed by atoms with E-state index in [0.717, 1.165) is 34.4 Å². The normalized spacial score (nSPS) is 10.3. The molecule has 0 unspecified atom stereocenters. The number of benzene rings is 1. The molecule has 1 heterocycles. The number of nitrogens with one attached hydrogen (secondary N) is 1. The number of carbonyl (C=O) groups excluding carboxylic acids is 2. The molecular weight excluding hydrogens is 378 g/mol. The highest BCUT2D eigenvalue weighted by molar-refractivity contribution is 7.16. The highest BCUT2D eigenvalue weighted by Crippen LogP contribution is 2.34. The number of thiophene rings is 1. The lowest BCUT2D eigenvalue weighted by atomic mass is 10.1. The van der Waals surface area contributed by atoms with Crippen LogP contribution >= 0.6 is 11.3 Å². The summed E-state index contributed by atoms with van der Waals surface area (Å²) in [5.74, 6) is -1.42. The Kier molecular flexibility index (Phi) is 5.85. The van der Waals surface area contributed by atoms with Crippen LogP contribution in [0.1, 0.15) is 38.1 Å². The number of nitro groups is 2. The van der Waals surface area contributed by atoms with Gasteiger partial charge in [0.25, 0.3) is 17.3 Å². The van der Waals surface area contributed by atoms with Gasteiger partial charge in [0.2, 0.25) is 0 Å². The topological polar surface area (TPSA) is 142 Å². The van der Waals surface area contributed by atoms with Crippen LogP contribution in [0.4, 0.5) is 16.4 Å². The third-order valence-corrected chi connectivity index (χ3v) is 4.80. The van der Waals surface area contributed by atoms with Crippen molar-refractivity contribution in [1.82, 2.24) is 0 Å². The van der Waals surface area contributed by atoms with Crippen LogP contribution < -0.4 is 5.32 Å². The molecule has 1 N–H and O–H groups in total. The Hall–Kier alpha value is -3.34. The molecule has 0 aliphatic carbocycles. The van der Waals surface area contributed by atoms with Gasteiger partial charge in [-0.3, -0.25) is 25.0 Å². The minimum absolute atomic E-state index is 0.150. The number of esters is 1. The lowest BCUT2D eigenvalue weighted by Gasteiger charge is -2.07. The number of amides is 1. The number of carbonyl (C=O) groups is 2. The molecule has 27 heavy (non-hydrogen) atoms. The van der Waals surface area contributed by atoms with E-state index in [1.807, 2.05) is 0 Å². The summed E-state index contributed by atoms with van der Waals surface area (Å²) in [6.45, 7) is 5.26. The van der Waals surface area contributed by atoms with Gasteiger partial charge in [-0.15, -0.1) is 11.3 Å². The smallest absolute Gasteiger partial charge is 0.341 e. The van der Waals surface area contributed by atoms with Crippen molar-refractivity contribution >= 4 is 39.6 Å². The van der Waals surface area contributed by atoms with Gasteiger partial charge in [0.05, 0.1) is 33.6 Å². The van der Waals surface area contributed by atoms with Gasteiger partial charge in [0.1, 0.15) is 5.00 Å². The van der Waals surface area contributed by atoms with Crippen molar-refractivity contribution in [3.8, 4) is 0 Å². The molecule has 0 saturated carbocycles. The van der Waals surface area contributed by atoms with Crippen molar-refractivity contribution in [1.29, 1.82) is 0 Å². The molecule has 0 aliphatic heterocycles. The van der Waals surface area contributed by atoms with E-state index in [1.165, 1.54) is 0 Å². The number of anilines is 1. The molecule has 1 aromatic heterocycles. The molecule has 0 saturated heterocycles. The van der Waals surface area contributed by atoms with Crippen LogP contribution in [0.25, 0.3) is 0 Å². The zero-order chi connectivity index (χ0) is 20.3. The highest BCUT2D eigenvalue weighted by atomic mass is 32.1. The fourth-order valence-corrected chi connectivity index (χ4v) is 3.32. The molecular formula is C16H15N3O7S. The van der Waals surface area contributed by atoms with Crippen LogP contribution in [0.5, 0.6) is 0 Å². The molecule has 0 bridgehead atoms. The van der Waals surface area contributed by atoms with Crippen molar-refractivity contribution < 1.29 is 24.2 Å². The van der Waals surface area contributed by atoms with E-state index in [-0.39, 0.29) is 22.7 Å². The number of aryl methyl sites for hydroxylation is 1. The second-order valence-electron chi connectivity index (χ2n) is 5.41. The number of rotatable bonds is 6. The molecule has 11 heteroatoms. The zero-order valence-corrected chi connectivity index (χ0v) is 15.4. The van der Waals surface area contributed by atoms with E-state index in [1.54, 1.807) is 20.8 Å². The number of nitrogens with zero attached hydrogens (tertiary/aromatic N) is 2. The van der Waals surface area contributed by atoms with Crippen molar-refractivity contribution in [2.45, 2.75) is 20.8 Å². The van der Waals surface area contributed by atoms with Gasteiger partial charge in [-0.1, -0.05) is 0 Å². The molecule has 0 atom stereocenters. The van der Waals surface area contributed by atoms with Gasteiger partial charge in [-0.25, -0.2) is 4.79 Å². The second kappa shape index (κ2) is 7.91. The summed E-state index contributed by atoms with van der Waals surface area (Å²) in [5, 5.41) is 24.6. The van der Waals surface area contributed by atoms with Crippen LogP contribution in [0.2, 0.25) is 0 Å². The van der Waals surface area contributed by atoms with Crippen LogP contribution in [0.3, 0.4) is 0 Å². The minimum Gasteiger partial charge on any atom is -0.462 e. The molecule has 0 radical (unpaired) electrons. The maximum atomic E-state index is 12.5. The summed E-state index contributed by atoms with van der Waals surface area (Å²) < 4.78 is 4.99. The lowest BCUT2D eigenvalue weighted by molar-refractivity contribution is -0.394. The summed E-state index contributed by atoms with van der Waals surface area (Å²) >= 11 is 1.14. The van der Waals surface area contributed by atoms with Gasteiger partial charge >= 0.3 is 5.97 Å². The van der Waals surface area contributed by atoms with Gasteiger partial charge < -0.3 is 10.1 Å². The van der Waals surface area contributed by atoms with Gasteiger partial charge in [0.15, 0.2) is 0 Å². The quantitative estimate of drug-likeness (QED) is 0.449. The summed E-state index contributed by atoms with van der Waals surface area (Å²) in [7, 11) is 0. The van der Waals surface area contributed by atoms with E-state index in [0.29, 0.717) is 5.56 Å². The number of hydrogen-bond acceptors (Lipinski definition) is 8. The first-order valence-corrected chi connectivity index (χ1v) is 8.49. The third kappa shape index (κ3) is 4.26. The monoisotopic (exact) mass is 393 g/mol. The van der Waals surface area contributed by atoms with E-state index < -0.39 is 33.1 Å². The summed E-state index contributed by atoms with van der Waals surface area (Å²) in [6, 6.07) is 2.62. The third-order valence-electron chi connectivity index (χ3n) is 3.68.